The highest BCUT2D eigenvalue weighted by Gasteiger charge is 2.22. The van der Waals surface area contributed by atoms with Crippen LogP contribution in [0.3, 0.4) is 0 Å². The summed E-state index contributed by atoms with van der Waals surface area (Å²) in [6, 6.07) is 66.4. The number of thiophene rings is 1. The molecule has 4 heteroatoms. The fourth-order valence-electron chi connectivity index (χ4n) is 8.23. The van der Waals surface area contributed by atoms with E-state index >= 15 is 0 Å². The van der Waals surface area contributed by atoms with Gasteiger partial charge in [-0.25, -0.2) is 9.98 Å². The van der Waals surface area contributed by atoms with E-state index in [0.717, 1.165) is 61.2 Å². The summed E-state index contributed by atoms with van der Waals surface area (Å²) in [6.07, 6.45) is 2.88. The first-order chi connectivity index (χ1) is 28.2. The normalized spacial score (nSPS) is 13.2. The number of fused-ring (bicyclic) bond motifs is 6. The number of hydrogen-bond acceptors (Lipinski definition) is 4. The highest BCUT2D eigenvalue weighted by molar-refractivity contribution is 7.26. The minimum absolute atomic E-state index is 0.652. The van der Waals surface area contributed by atoms with Crippen LogP contribution in [0, 0.1) is 0 Å². The van der Waals surface area contributed by atoms with Crippen LogP contribution in [0.4, 0.5) is 0 Å². The Bertz CT molecular complexity index is 3220. The summed E-state index contributed by atoms with van der Waals surface area (Å²) in [6.45, 7) is 0. The van der Waals surface area contributed by atoms with Crippen molar-refractivity contribution in [3.8, 4) is 33.4 Å². The third-order valence-electron chi connectivity index (χ3n) is 11.0. The standard InChI is InChI=1S/C53H34N2OS/c1-3-12-34(13-4-1)35-24-26-36(27-25-35)37-28-30-38(31-29-37)40-17-10-21-47-50(40)51-44(20-11-22-48(51)56-47)53-54-45(39-14-5-2-6-15-39)32-33-46(55-53)43-19-9-18-42-41-16-7-8-23-49(41)57-52(42)43/h1-32H,33H2. The molecule has 0 spiro atoms. The minimum Gasteiger partial charge on any atom is -0.456 e. The monoisotopic (exact) mass is 746 g/mol. The van der Waals surface area contributed by atoms with Gasteiger partial charge in [0.05, 0.1) is 11.4 Å². The van der Waals surface area contributed by atoms with Crippen molar-refractivity contribution >= 4 is 70.7 Å². The van der Waals surface area contributed by atoms with Gasteiger partial charge in [-0.15, -0.1) is 11.3 Å². The average Bonchev–Trinajstić information content (AvgIpc) is 3.78. The van der Waals surface area contributed by atoms with Crippen molar-refractivity contribution in [2.75, 3.05) is 0 Å². The first-order valence-electron chi connectivity index (χ1n) is 19.3. The van der Waals surface area contributed by atoms with Gasteiger partial charge in [-0.3, -0.25) is 0 Å². The summed E-state index contributed by atoms with van der Waals surface area (Å²) < 4.78 is 9.14. The molecule has 0 saturated carbocycles. The predicted molar refractivity (Wildman–Crippen MR) is 241 cm³/mol. The molecule has 268 valence electrons. The number of amidine groups is 1. The fraction of sp³-hybridized carbons (Fsp3) is 0.0189. The summed E-state index contributed by atoms with van der Waals surface area (Å²) >= 11 is 1.83. The number of furan rings is 1. The lowest BCUT2D eigenvalue weighted by Crippen LogP contribution is -2.05. The molecular formula is C53H34N2OS. The second-order valence-electron chi connectivity index (χ2n) is 14.4. The van der Waals surface area contributed by atoms with Crippen molar-refractivity contribution < 1.29 is 4.42 Å². The van der Waals surface area contributed by atoms with E-state index in [1.807, 2.05) is 17.4 Å². The zero-order valence-corrected chi connectivity index (χ0v) is 31.7. The molecule has 10 aromatic rings. The zero-order valence-electron chi connectivity index (χ0n) is 30.9. The van der Waals surface area contributed by atoms with Gasteiger partial charge >= 0.3 is 0 Å². The van der Waals surface area contributed by atoms with E-state index in [2.05, 4.69) is 188 Å². The molecule has 11 rings (SSSR count). The second-order valence-corrected chi connectivity index (χ2v) is 15.5. The van der Waals surface area contributed by atoms with Crippen molar-refractivity contribution in [1.29, 1.82) is 0 Å². The van der Waals surface area contributed by atoms with Crippen LogP contribution in [0.25, 0.3) is 81.2 Å². The van der Waals surface area contributed by atoms with Gasteiger partial charge in [-0.05, 0) is 57.1 Å². The first-order valence-corrected chi connectivity index (χ1v) is 20.1. The molecule has 0 saturated heterocycles. The summed E-state index contributed by atoms with van der Waals surface area (Å²) in [5, 5.41) is 4.61. The SMILES string of the molecule is C1=C(c2ccccc2)N=C(c2cccc3oc4cccc(-c5ccc(-c6ccc(-c7ccccc7)cc6)cc5)c4c23)N=C(c2cccc3c2sc2ccccc23)C1. The molecule has 1 aliphatic heterocycles. The molecular weight excluding hydrogens is 713 g/mol. The number of aliphatic imine (C=N–C) groups is 2. The van der Waals surface area contributed by atoms with E-state index in [1.54, 1.807) is 0 Å². The Labute approximate surface area is 334 Å². The maximum Gasteiger partial charge on any atom is 0.160 e. The van der Waals surface area contributed by atoms with Gasteiger partial charge in [-0.2, -0.15) is 0 Å². The molecule has 0 unspecified atom stereocenters. The van der Waals surface area contributed by atoms with Crippen molar-refractivity contribution in [3.05, 3.63) is 211 Å². The van der Waals surface area contributed by atoms with Crippen LogP contribution in [0.1, 0.15) is 23.1 Å². The lowest BCUT2D eigenvalue weighted by molar-refractivity contribution is 0.669. The molecule has 0 bridgehead atoms. The van der Waals surface area contributed by atoms with E-state index in [4.69, 9.17) is 14.4 Å². The largest absolute Gasteiger partial charge is 0.456 e. The highest BCUT2D eigenvalue weighted by Crippen LogP contribution is 2.41. The predicted octanol–water partition coefficient (Wildman–Crippen LogP) is 14.6. The van der Waals surface area contributed by atoms with Gasteiger partial charge in [0.25, 0.3) is 0 Å². The molecule has 0 atom stereocenters. The Morgan fingerprint density at radius 2 is 0.930 bits per heavy atom. The van der Waals surface area contributed by atoms with Crippen molar-refractivity contribution in [1.82, 2.24) is 0 Å². The van der Waals surface area contributed by atoms with E-state index < -0.39 is 0 Å². The van der Waals surface area contributed by atoms with Gasteiger partial charge < -0.3 is 4.42 Å². The molecule has 0 N–H and O–H groups in total. The number of hydrogen-bond donors (Lipinski definition) is 0. The fourth-order valence-corrected chi connectivity index (χ4v) is 9.47. The average molecular weight is 747 g/mol. The quantitative estimate of drug-likeness (QED) is 0.167. The molecule has 1 aliphatic rings. The number of rotatable bonds is 6. The first kappa shape index (κ1) is 33.2. The lowest BCUT2D eigenvalue weighted by Gasteiger charge is -2.10. The third kappa shape index (κ3) is 5.90. The van der Waals surface area contributed by atoms with Gasteiger partial charge in [-0.1, -0.05) is 176 Å². The van der Waals surface area contributed by atoms with Crippen molar-refractivity contribution in [2.45, 2.75) is 6.42 Å². The Kier molecular flexibility index (Phi) is 8.08. The smallest absolute Gasteiger partial charge is 0.160 e. The lowest BCUT2D eigenvalue weighted by atomic mass is 9.95. The van der Waals surface area contributed by atoms with Crippen LogP contribution >= 0.6 is 11.3 Å². The molecule has 0 amide bonds. The van der Waals surface area contributed by atoms with Crippen LogP contribution in [-0.2, 0) is 0 Å². The number of allylic oxidation sites excluding steroid dienone is 1. The van der Waals surface area contributed by atoms with E-state index in [1.165, 1.54) is 42.4 Å². The van der Waals surface area contributed by atoms with Crippen molar-refractivity contribution in [2.24, 2.45) is 9.98 Å². The van der Waals surface area contributed by atoms with Gasteiger partial charge in [0, 0.05) is 48.5 Å². The molecule has 57 heavy (non-hydrogen) atoms. The Hall–Kier alpha value is -7.14. The summed E-state index contributed by atoms with van der Waals surface area (Å²) in [5.41, 5.74) is 13.7. The topological polar surface area (TPSA) is 37.9 Å². The van der Waals surface area contributed by atoms with Crippen LogP contribution in [0.2, 0.25) is 0 Å². The van der Waals surface area contributed by atoms with E-state index in [0.29, 0.717) is 12.3 Å². The van der Waals surface area contributed by atoms with Gasteiger partial charge in [0.1, 0.15) is 11.2 Å². The maximum absolute atomic E-state index is 6.62. The Balaban J connectivity index is 1.05. The van der Waals surface area contributed by atoms with Gasteiger partial charge in [0.15, 0.2) is 5.84 Å². The Morgan fingerprint density at radius 3 is 1.63 bits per heavy atom. The van der Waals surface area contributed by atoms with Gasteiger partial charge in [0.2, 0.25) is 0 Å². The van der Waals surface area contributed by atoms with Crippen LogP contribution in [0.5, 0.6) is 0 Å². The van der Waals surface area contributed by atoms with E-state index in [-0.39, 0.29) is 0 Å². The summed E-state index contributed by atoms with van der Waals surface area (Å²) in [7, 11) is 0. The van der Waals surface area contributed by atoms with Crippen LogP contribution < -0.4 is 0 Å². The molecule has 2 aromatic heterocycles. The molecule has 8 aromatic carbocycles. The Morgan fingerprint density at radius 1 is 0.404 bits per heavy atom. The van der Waals surface area contributed by atoms with Crippen molar-refractivity contribution in [3.63, 3.8) is 0 Å². The second kappa shape index (κ2) is 13.9. The molecule has 0 fully saturated rings. The zero-order chi connectivity index (χ0) is 37.7. The molecule has 3 nitrogen and oxygen atoms in total. The molecule has 0 aliphatic carbocycles. The van der Waals surface area contributed by atoms with E-state index in [9.17, 15) is 0 Å². The summed E-state index contributed by atoms with van der Waals surface area (Å²) in [4.78, 5) is 10.9. The number of nitrogens with zero attached hydrogens (tertiary/aromatic N) is 2. The number of benzene rings is 8. The maximum atomic E-state index is 6.62. The molecule has 0 radical (unpaired) electrons. The third-order valence-corrected chi connectivity index (χ3v) is 12.2. The van der Waals surface area contributed by atoms with Crippen LogP contribution in [-0.4, -0.2) is 11.5 Å². The summed E-state index contributed by atoms with van der Waals surface area (Å²) in [5.74, 6) is 0.674. The minimum atomic E-state index is 0.652. The van der Waals surface area contributed by atoms with Crippen LogP contribution in [0.15, 0.2) is 209 Å². The molecule has 3 heterocycles. The highest BCUT2D eigenvalue weighted by atomic mass is 32.1.